The summed E-state index contributed by atoms with van der Waals surface area (Å²) >= 11 is 11.9. The van der Waals surface area contributed by atoms with Crippen molar-refractivity contribution >= 4 is 34.8 Å². The summed E-state index contributed by atoms with van der Waals surface area (Å²) in [6, 6.07) is 15.1. The highest BCUT2D eigenvalue weighted by Crippen LogP contribution is 2.19. The van der Waals surface area contributed by atoms with Crippen molar-refractivity contribution in [2.45, 2.75) is 0 Å². The average molecular weight is 409 g/mol. The number of hydrogen-bond acceptors (Lipinski definition) is 3. The van der Waals surface area contributed by atoms with Crippen LogP contribution in [0.4, 0.5) is 5.69 Å². The lowest BCUT2D eigenvalue weighted by atomic mass is 10.2. The van der Waals surface area contributed by atoms with Crippen LogP contribution in [0.15, 0.2) is 48.5 Å². The Morgan fingerprint density at radius 3 is 2.52 bits per heavy atom. The van der Waals surface area contributed by atoms with Crippen LogP contribution >= 0.6 is 23.2 Å². The molecule has 1 aliphatic heterocycles. The van der Waals surface area contributed by atoms with Gasteiger partial charge in [-0.25, -0.2) is 0 Å². The van der Waals surface area contributed by atoms with Gasteiger partial charge in [0, 0.05) is 15.7 Å². The van der Waals surface area contributed by atoms with Crippen LogP contribution in [0.2, 0.25) is 10.0 Å². The molecule has 27 heavy (non-hydrogen) atoms. The van der Waals surface area contributed by atoms with Gasteiger partial charge < -0.3 is 19.9 Å². The maximum absolute atomic E-state index is 12.1. The van der Waals surface area contributed by atoms with E-state index in [0.717, 1.165) is 42.6 Å². The highest BCUT2D eigenvalue weighted by atomic mass is 35.5. The van der Waals surface area contributed by atoms with Crippen molar-refractivity contribution in [3.05, 3.63) is 58.6 Å². The molecule has 1 saturated heterocycles. The van der Waals surface area contributed by atoms with E-state index in [2.05, 4.69) is 16.3 Å². The first-order valence-electron chi connectivity index (χ1n) is 9.09. The lowest BCUT2D eigenvalue weighted by Gasteiger charge is -2.33. The molecule has 0 aliphatic carbocycles. The SMILES string of the molecule is O=C(C[NH+]1CCN(c2cccc(Cl)c2)CC1)NCCOc1ccc(Cl)cc1. The number of nitrogens with one attached hydrogen (secondary N) is 2. The van der Waals surface area contributed by atoms with Gasteiger partial charge in [0.25, 0.3) is 5.91 Å². The molecule has 0 aromatic heterocycles. The molecule has 1 aliphatic rings. The number of anilines is 1. The van der Waals surface area contributed by atoms with Crippen LogP contribution in [0.1, 0.15) is 0 Å². The number of ether oxygens (including phenoxy) is 1. The van der Waals surface area contributed by atoms with E-state index in [1.807, 2.05) is 30.3 Å². The number of piperazine rings is 1. The maximum atomic E-state index is 12.1. The molecule has 3 rings (SSSR count). The van der Waals surface area contributed by atoms with Gasteiger partial charge in [-0.05, 0) is 42.5 Å². The molecule has 5 nitrogen and oxygen atoms in total. The van der Waals surface area contributed by atoms with Gasteiger partial charge in [-0.1, -0.05) is 29.3 Å². The number of carbonyl (C=O) groups excluding carboxylic acids is 1. The van der Waals surface area contributed by atoms with Crippen molar-refractivity contribution in [2.75, 3.05) is 50.8 Å². The fourth-order valence-electron chi connectivity index (χ4n) is 3.11. The zero-order chi connectivity index (χ0) is 19.1. The van der Waals surface area contributed by atoms with Gasteiger partial charge >= 0.3 is 0 Å². The predicted octanol–water partition coefficient (Wildman–Crippen LogP) is 1.89. The number of amides is 1. The van der Waals surface area contributed by atoms with Gasteiger partial charge in [-0.15, -0.1) is 0 Å². The van der Waals surface area contributed by atoms with Crippen molar-refractivity contribution in [1.29, 1.82) is 0 Å². The maximum Gasteiger partial charge on any atom is 0.275 e. The smallest absolute Gasteiger partial charge is 0.275 e. The minimum atomic E-state index is 0.0564. The first-order valence-corrected chi connectivity index (χ1v) is 9.85. The molecule has 0 atom stereocenters. The number of benzene rings is 2. The Hall–Kier alpha value is -1.95. The van der Waals surface area contributed by atoms with Gasteiger partial charge in [0.05, 0.1) is 32.7 Å². The summed E-state index contributed by atoms with van der Waals surface area (Å²) in [4.78, 5) is 15.7. The lowest BCUT2D eigenvalue weighted by molar-refractivity contribution is -0.892. The quantitative estimate of drug-likeness (QED) is 0.687. The molecular formula is C20H24Cl2N3O2+. The molecule has 2 N–H and O–H groups in total. The third-order valence-electron chi connectivity index (χ3n) is 4.56. The van der Waals surface area contributed by atoms with Crippen molar-refractivity contribution in [2.24, 2.45) is 0 Å². The monoisotopic (exact) mass is 408 g/mol. The van der Waals surface area contributed by atoms with Gasteiger partial charge in [-0.2, -0.15) is 0 Å². The summed E-state index contributed by atoms with van der Waals surface area (Å²) in [5.41, 5.74) is 1.14. The van der Waals surface area contributed by atoms with E-state index in [1.165, 1.54) is 4.90 Å². The van der Waals surface area contributed by atoms with E-state index < -0.39 is 0 Å². The lowest BCUT2D eigenvalue weighted by Crippen LogP contribution is -3.16. The van der Waals surface area contributed by atoms with E-state index in [-0.39, 0.29) is 5.91 Å². The summed E-state index contributed by atoms with van der Waals surface area (Å²) in [7, 11) is 0. The van der Waals surface area contributed by atoms with E-state index in [0.29, 0.717) is 24.7 Å². The van der Waals surface area contributed by atoms with E-state index >= 15 is 0 Å². The van der Waals surface area contributed by atoms with Gasteiger partial charge in [0.2, 0.25) is 0 Å². The molecule has 0 radical (unpaired) electrons. The Morgan fingerprint density at radius 2 is 1.81 bits per heavy atom. The Labute approximate surface area is 169 Å². The minimum Gasteiger partial charge on any atom is -0.492 e. The second kappa shape index (κ2) is 9.83. The summed E-state index contributed by atoms with van der Waals surface area (Å²) in [6.45, 7) is 5.12. The van der Waals surface area contributed by atoms with Crippen molar-refractivity contribution < 1.29 is 14.4 Å². The predicted molar refractivity (Wildman–Crippen MR) is 109 cm³/mol. The van der Waals surface area contributed by atoms with E-state index in [4.69, 9.17) is 27.9 Å². The van der Waals surface area contributed by atoms with Crippen LogP contribution in [0.3, 0.4) is 0 Å². The molecule has 144 valence electrons. The summed E-state index contributed by atoms with van der Waals surface area (Å²) in [6.07, 6.45) is 0. The largest absolute Gasteiger partial charge is 0.492 e. The highest BCUT2D eigenvalue weighted by Gasteiger charge is 2.22. The molecule has 0 unspecified atom stereocenters. The van der Waals surface area contributed by atoms with Crippen LogP contribution in [0.25, 0.3) is 0 Å². The summed E-state index contributed by atoms with van der Waals surface area (Å²) < 4.78 is 5.58. The number of carbonyl (C=O) groups is 1. The van der Waals surface area contributed by atoms with Gasteiger partial charge in [-0.3, -0.25) is 4.79 Å². The van der Waals surface area contributed by atoms with Crippen LogP contribution in [-0.4, -0.2) is 51.8 Å². The first-order chi connectivity index (χ1) is 13.1. The number of nitrogens with zero attached hydrogens (tertiary/aromatic N) is 1. The normalized spacial score (nSPS) is 14.8. The molecule has 1 heterocycles. The fourth-order valence-corrected chi connectivity index (χ4v) is 3.42. The summed E-state index contributed by atoms with van der Waals surface area (Å²) in [5.74, 6) is 0.803. The third-order valence-corrected chi connectivity index (χ3v) is 5.05. The molecule has 2 aromatic rings. The zero-order valence-corrected chi connectivity index (χ0v) is 16.6. The Kier molecular flexibility index (Phi) is 7.21. The number of rotatable bonds is 7. The van der Waals surface area contributed by atoms with Gasteiger partial charge in [0.1, 0.15) is 12.4 Å². The molecule has 0 spiro atoms. The van der Waals surface area contributed by atoms with Crippen molar-refractivity contribution in [3.63, 3.8) is 0 Å². The fraction of sp³-hybridized carbons (Fsp3) is 0.350. The van der Waals surface area contributed by atoms with Crippen LogP contribution in [-0.2, 0) is 4.79 Å². The average Bonchev–Trinajstić information content (AvgIpc) is 2.67. The van der Waals surface area contributed by atoms with Crippen LogP contribution in [0.5, 0.6) is 5.75 Å². The van der Waals surface area contributed by atoms with E-state index in [9.17, 15) is 4.79 Å². The van der Waals surface area contributed by atoms with Gasteiger partial charge in [0.15, 0.2) is 6.54 Å². The molecule has 1 fully saturated rings. The first kappa shape index (κ1) is 19.8. The molecular weight excluding hydrogens is 385 g/mol. The molecule has 2 aromatic carbocycles. The van der Waals surface area contributed by atoms with Crippen LogP contribution < -0.4 is 19.9 Å². The molecule has 1 amide bonds. The Balaban J connectivity index is 1.33. The minimum absolute atomic E-state index is 0.0564. The molecule has 0 saturated carbocycles. The summed E-state index contributed by atoms with van der Waals surface area (Å²) in [5, 5.41) is 4.35. The third kappa shape index (κ3) is 6.31. The van der Waals surface area contributed by atoms with Crippen LogP contribution in [0, 0.1) is 0 Å². The molecule has 7 heteroatoms. The zero-order valence-electron chi connectivity index (χ0n) is 15.1. The second-order valence-corrected chi connectivity index (χ2v) is 7.42. The van der Waals surface area contributed by atoms with Crippen molar-refractivity contribution in [3.8, 4) is 5.75 Å². The number of hydrogen-bond donors (Lipinski definition) is 2. The van der Waals surface area contributed by atoms with E-state index in [1.54, 1.807) is 12.1 Å². The number of quaternary nitrogens is 1. The number of halogens is 2. The highest BCUT2D eigenvalue weighted by molar-refractivity contribution is 6.31. The van der Waals surface area contributed by atoms with Crippen molar-refractivity contribution in [1.82, 2.24) is 5.32 Å². The topological polar surface area (TPSA) is 46.0 Å². The second-order valence-electron chi connectivity index (χ2n) is 6.55. The Morgan fingerprint density at radius 1 is 1.07 bits per heavy atom. The Bertz CT molecular complexity index is 747. The standard InChI is InChI=1S/C20H23Cl2N3O2/c21-16-4-6-19(7-5-16)27-13-8-23-20(26)15-24-9-11-25(12-10-24)18-3-1-2-17(22)14-18/h1-7,14H,8-13,15H2,(H,23,26)/p+1. The molecule has 0 bridgehead atoms.